The molecule has 3 rings (SSSR count). The molecule has 1 amide bonds. The fourth-order valence-corrected chi connectivity index (χ4v) is 2.83. The van der Waals surface area contributed by atoms with Crippen molar-refractivity contribution < 1.29 is 19.1 Å². The fraction of sp³-hybridized carbons (Fsp3) is 0.0455. The van der Waals surface area contributed by atoms with E-state index in [2.05, 4.69) is 26.5 Å². The highest BCUT2D eigenvalue weighted by molar-refractivity contribution is 9.10. The molecule has 0 saturated heterocycles. The second-order valence-electron chi connectivity index (χ2n) is 5.87. The first-order valence-corrected chi connectivity index (χ1v) is 9.40. The van der Waals surface area contributed by atoms with Crippen molar-refractivity contribution in [3.8, 4) is 11.5 Å². The van der Waals surface area contributed by atoms with Gasteiger partial charge in [-0.2, -0.15) is 5.10 Å². The second kappa shape index (κ2) is 9.66. The molecule has 146 valence electrons. The van der Waals surface area contributed by atoms with Crippen molar-refractivity contribution in [3.05, 3.63) is 94.0 Å². The van der Waals surface area contributed by atoms with Crippen molar-refractivity contribution >= 4 is 34.0 Å². The Kier molecular flexibility index (Phi) is 6.76. The number of esters is 1. The maximum Gasteiger partial charge on any atom is 0.344 e. The highest BCUT2D eigenvalue weighted by atomic mass is 79.9. The van der Waals surface area contributed by atoms with Gasteiger partial charge in [0.15, 0.2) is 0 Å². The minimum absolute atomic E-state index is 0.331. The van der Waals surface area contributed by atoms with Crippen molar-refractivity contribution in [3.63, 3.8) is 0 Å². The van der Waals surface area contributed by atoms with Gasteiger partial charge in [0.05, 0.1) is 18.9 Å². The van der Waals surface area contributed by atoms with Crippen LogP contribution >= 0.6 is 15.9 Å². The molecule has 0 atom stereocenters. The van der Waals surface area contributed by atoms with Crippen molar-refractivity contribution in [1.82, 2.24) is 5.43 Å². The maximum absolute atomic E-state index is 12.2. The Morgan fingerprint density at radius 1 is 0.931 bits per heavy atom. The number of rotatable bonds is 6. The van der Waals surface area contributed by atoms with Crippen LogP contribution in [0, 0.1) is 0 Å². The third kappa shape index (κ3) is 5.52. The van der Waals surface area contributed by atoms with E-state index in [1.54, 1.807) is 73.8 Å². The Morgan fingerprint density at radius 3 is 2.24 bits per heavy atom. The zero-order valence-corrected chi connectivity index (χ0v) is 17.0. The summed E-state index contributed by atoms with van der Waals surface area (Å²) in [6, 6.07) is 20.5. The number of carbonyl (C=O) groups excluding carboxylic acids is 2. The monoisotopic (exact) mass is 452 g/mol. The molecule has 0 aliphatic heterocycles. The summed E-state index contributed by atoms with van der Waals surface area (Å²) in [5.41, 5.74) is 4.11. The third-order valence-electron chi connectivity index (χ3n) is 3.92. The first-order chi connectivity index (χ1) is 14.1. The molecule has 3 aromatic rings. The zero-order valence-electron chi connectivity index (χ0n) is 15.5. The summed E-state index contributed by atoms with van der Waals surface area (Å²) in [7, 11) is 1.56. The van der Waals surface area contributed by atoms with Gasteiger partial charge in [0.2, 0.25) is 0 Å². The van der Waals surface area contributed by atoms with Gasteiger partial charge in [-0.15, -0.1) is 0 Å². The SMILES string of the molecule is COc1ccc(C(=O)NN=Cc2ccc(OC(=O)c3ccccc3Br)cc2)cc1. The van der Waals surface area contributed by atoms with Gasteiger partial charge in [-0.05, 0) is 82.2 Å². The average molecular weight is 453 g/mol. The summed E-state index contributed by atoms with van der Waals surface area (Å²) in [5, 5.41) is 3.94. The number of nitrogens with zero attached hydrogens (tertiary/aromatic N) is 1. The first-order valence-electron chi connectivity index (χ1n) is 8.61. The van der Waals surface area contributed by atoms with Gasteiger partial charge in [0, 0.05) is 10.0 Å². The van der Waals surface area contributed by atoms with Gasteiger partial charge < -0.3 is 9.47 Å². The lowest BCUT2D eigenvalue weighted by molar-refractivity contribution is 0.0733. The molecule has 0 aromatic heterocycles. The maximum atomic E-state index is 12.2. The van der Waals surface area contributed by atoms with Crippen LogP contribution in [0.25, 0.3) is 0 Å². The van der Waals surface area contributed by atoms with E-state index < -0.39 is 5.97 Å². The Balaban J connectivity index is 1.56. The van der Waals surface area contributed by atoms with Gasteiger partial charge in [-0.3, -0.25) is 4.79 Å². The van der Waals surface area contributed by atoms with Crippen molar-refractivity contribution in [1.29, 1.82) is 0 Å². The molecule has 0 saturated carbocycles. The molecule has 0 aliphatic carbocycles. The van der Waals surface area contributed by atoms with Crippen LogP contribution in [0.3, 0.4) is 0 Å². The Morgan fingerprint density at radius 2 is 1.59 bits per heavy atom. The summed E-state index contributed by atoms with van der Waals surface area (Å²) in [5.74, 6) is 0.296. The van der Waals surface area contributed by atoms with E-state index in [0.29, 0.717) is 27.1 Å². The van der Waals surface area contributed by atoms with Crippen LogP contribution in [0.1, 0.15) is 26.3 Å². The average Bonchev–Trinajstić information content (AvgIpc) is 2.75. The smallest absolute Gasteiger partial charge is 0.344 e. The van der Waals surface area contributed by atoms with Crippen molar-refractivity contribution in [2.75, 3.05) is 7.11 Å². The molecule has 0 fully saturated rings. The van der Waals surface area contributed by atoms with Crippen molar-refractivity contribution in [2.45, 2.75) is 0 Å². The lowest BCUT2D eigenvalue weighted by atomic mass is 10.2. The molecule has 0 aliphatic rings. The minimum Gasteiger partial charge on any atom is -0.497 e. The molecular weight excluding hydrogens is 436 g/mol. The molecule has 1 N–H and O–H groups in total. The van der Waals surface area contributed by atoms with Crippen LogP contribution in [0.15, 0.2) is 82.4 Å². The summed E-state index contributed by atoms with van der Waals surface area (Å²) in [4.78, 5) is 24.3. The summed E-state index contributed by atoms with van der Waals surface area (Å²) in [6.45, 7) is 0. The van der Waals surface area contributed by atoms with E-state index in [0.717, 1.165) is 5.56 Å². The second-order valence-corrected chi connectivity index (χ2v) is 6.72. The zero-order chi connectivity index (χ0) is 20.6. The largest absolute Gasteiger partial charge is 0.497 e. The number of amides is 1. The van der Waals surface area contributed by atoms with Gasteiger partial charge in [-0.1, -0.05) is 12.1 Å². The van der Waals surface area contributed by atoms with E-state index in [-0.39, 0.29) is 5.91 Å². The summed E-state index contributed by atoms with van der Waals surface area (Å²) >= 11 is 3.33. The Labute approximate surface area is 176 Å². The standard InChI is InChI=1S/C22H17BrN2O4/c1-28-17-12-8-16(9-13-17)21(26)25-24-14-15-6-10-18(11-7-15)29-22(27)19-4-2-3-5-20(19)23/h2-14H,1H3,(H,25,26). The number of hydrogen-bond acceptors (Lipinski definition) is 5. The number of hydrazone groups is 1. The number of carbonyl (C=O) groups is 2. The lowest BCUT2D eigenvalue weighted by Crippen LogP contribution is -2.17. The molecule has 0 spiro atoms. The fourth-order valence-electron chi connectivity index (χ4n) is 2.38. The predicted molar refractivity (Wildman–Crippen MR) is 114 cm³/mol. The van der Waals surface area contributed by atoms with Crippen LogP contribution in [-0.2, 0) is 0 Å². The number of nitrogens with one attached hydrogen (secondary N) is 1. The van der Waals surface area contributed by atoms with Crippen LogP contribution in [-0.4, -0.2) is 25.2 Å². The Hall–Kier alpha value is -3.45. The first kappa shape index (κ1) is 20.3. The van der Waals surface area contributed by atoms with E-state index in [1.165, 1.54) is 6.21 Å². The molecular formula is C22H17BrN2O4. The molecule has 0 bridgehead atoms. The van der Waals surface area contributed by atoms with Gasteiger partial charge in [0.1, 0.15) is 11.5 Å². The topological polar surface area (TPSA) is 77.0 Å². The lowest BCUT2D eigenvalue weighted by Gasteiger charge is -2.06. The molecule has 29 heavy (non-hydrogen) atoms. The highest BCUT2D eigenvalue weighted by Crippen LogP contribution is 2.19. The van der Waals surface area contributed by atoms with Crippen LogP contribution in [0.4, 0.5) is 0 Å². The normalized spacial score (nSPS) is 10.6. The number of hydrogen-bond donors (Lipinski definition) is 1. The summed E-state index contributed by atoms with van der Waals surface area (Å²) in [6.07, 6.45) is 1.50. The van der Waals surface area contributed by atoms with E-state index >= 15 is 0 Å². The highest BCUT2D eigenvalue weighted by Gasteiger charge is 2.11. The molecule has 6 nitrogen and oxygen atoms in total. The quantitative estimate of drug-likeness (QED) is 0.259. The predicted octanol–water partition coefficient (Wildman–Crippen LogP) is 4.44. The Bertz CT molecular complexity index is 1030. The summed E-state index contributed by atoms with van der Waals surface area (Å²) < 4.78 is 11.1. The third-order valence-corrected chi connectivity index (χ3v) is 4.61. The van der Waals surface area contributed by atoms with E-state index in [1.807, 2.05) is 6.07 Å². The minimum atomic E-state index is -0.453. The number of ether oxygens (including phenoxy) is 2. The van der Waals surface area contributed by atoms with Crippen LogP contribution < -0.4 is 14.9 Å². The van der Waals surface area contributed by atoms with Crippen molar-refractivity contribution in [2.24, 2.45) is 5.10 Å². The van der Waals surface area contributed by atoms with Crippen LogP contribution in [0.2, 0.25) is 0 Å². The van der Waals surface area contributed by atoms with E-state index in [9.17, 15) is 9.59 Å². The van der Waals surface area contributed by atoms with Gasteiger partial charge >= 0.3 is 5.97 Å². The number of benzene rings is 3. The van der Waals surface area contributed by atoms with Crippen LogP contribution in [0.5, 0.6) is 11.5 Å². The molecule has 3 aromatic carbocycles. The van der Waals surface area contributed by atoms with E-state index in [4.69, 9.17) is 9.47 Å². The molecule has 7 heteroatoms. The number of methoxy groups -OCH3 is 1. The van der Waals surface area contributed by atoms with Gasteiger partial charge in [-0.25, -0.2) is 10.2 Å². The van der Waals surface area contributed by atoms with Gasteiger partial charge in [0.25, 0.3) is 5.91 Å². The molecule has 0 heterocycles. The molecule has 0 radical (unpaired) electrons. The number of halogens is 1. The molecule has 0 unspecified atom stereocenters.